The second kappa shape index (κ2) is 6.23. The summed E-state index contributed by atoms with van der Waals surface area (Å²) in [5.74, 6) is 1.54. The quantitative estimate of drug-likeness (QED) is 0.868. The van der Waals surface area contributed by atoms with E-state index in [-0.39, 0.29) is 5.91 Å². The SMILES string of the molecule is Cc1c(C(=O)N(CC2CC2)CC2CC2)nnn1C1CCNCC1. The van der Waals surface area contributed by atoms with E-state index >= 15 is 0 Å². The molecule has 3 aliphatic rings. The van der Waals surface area contributed by atoms with Crippen LogP contribution in [0.3, 0.4) is 0 Å². The molecule has 0 spiro atoms. The predicted octanol–water partition coefficient (Wildman–Crippen LogP) is 1.77. The van der Waals surface area contributed by atoms with Crippen molar-refractivity contribution in [3.63, 3.8) is 0 Å². The lowest BCUT2D eigenvalue weighted by Gasteiger charge is -2.24. The average molecular weight is 317 g/mol. The highest BCUT2D eigenvalue weighted by molar-refractivity contribution is 5.93. The number of carbonyl (C=O) groups excluding carboxylic acids is 1. The Bertz CT molecular complexity index is 556. The largest absolute Gasteiger partial charge is 0.337 e. The monoisotopic (exact) mass is 317 g/mol. The first-order valence-electron chi connectivity index (χ1n) is 9.14. The summed E-state index contributed by atoms with van der Waals surface area (Å²) in [5, 5.41) is 12.0. The van der Waals surface area contributed by atoms with Crippen molar-refractivity contribution in [3.05, 3.63) is 11.4 Å². The average Bonchev–Trinajstić information content (AvgIpc) is 3.49. The minimum atomic E-state index is 0.0986. The van der Waals surface area contributed by atoms with Crippen LogP contribution in [0.1, 0.15) is 60.7 Å². The van der Waals surface area contributed by atoms with Gasteiger partial charge in [-0.1, -0.05) is 5.21 Å². The van der Waals surface area contributed by atoms with Crippen molar-refractivity contribution in [2.45, 2.75) is 51.5 Å². The number of rotatable bonds is 6. The molecule has 0 bridgehead atoms. The maximum absolute atomic E-state index is 13.0. The fourth-order valence-corrected chi connectivity index (χ4v) is 3.55. The van der Waals surface area contributed by atoms with Gasteiger partial charge in [-0.3, -0.25) is 4.79 Å². The Morgan fingerprint density at radius 1 is 1.13 bits per heavy atom. The summed E-state index contributed by atoms with van der Waals surface area (Å²) in [6.45, 7) is 5.86. The number of piperidine rings is 1. The van der Waals surface area contributed by atoms with Crippen LogP contribution >= 0.6 is 0 Å². The Hall–Kier alpha value is -1.43. The van der Waals surface area contributed by atoms with Gasteiger partial charge in [-0.05, 0) is 70.4 Å². The summed E-state index contributed by atoms with van der Waals surface area (Å²) >= 11 is 0. The van der Waals surface area contributed by atoms with E-state index in [4.69, 9.17) is 0 Å². The summed E-state index contributed by atoms with van der Waals surface area (Å²) in [6.07, 6.45) is 7.21. The van der Waals surface area contributed by atoms with Gasteiger partial charge < -0.3 is 10.2 Å². The van der Waals surface area contributed by atoms with E-state index in [1.165, 1.54) is 25.7 Å². The number of hydrogen-bond acceptors (Lipinski definition) is 4. The zero-order valence-electron chi connectivity index (χ0n) is 14.0. The Kier molecular flexibility index (Phi) is 4.09. The van der Waals surface area contributed by atoms with Crippen molar-refractivity contribution in [2.24, 2.45) is 11.8 Å². The lowest BCUT2D eigenvalue weighted by Crippen LogP contribution is -2.35. The van der Waals surface area contributed by atoms with Gasteiger partial charge in [0.2, 0.25) is 0 Å². The van der Waals surface area contributed by atoms with E-state index < -0.39 is 0 Å². The highest BCUT2D eigenvalue weighted by atomic mass is 16.2. The third-order valence-electron chi connectivity index (χ3n) is 5.42. The van der Waals surface area contributed by atoms with Crippen molar-refractivity contribution >= 4 is 5.91 Å². The number of nitrogens with zero attached hydrogens (tertiary/aromatic N) is 4. The zero-order chi connectivity index (χ0) is 15.8. The summed E-state index contributed by atoms with van der Waals surface area (Å²) in [5.41, 5.74) is 1.52. The fourth-order valence-electron chi connectivity index (χ4n) is 3.55. The molecule has 3 fully saturated rings. The molecule has 1 saturated heterocycles. The standard InChI is InChI=1S/C17H27N5O/c1-12-16(19-20-22(12)15-6-8-18-9-7-15)17(23)21(10-13-2-3-13)11-14-4-5-14/h13-15,18H,2-11H2,1H3. The van der Waals surface area contributed by atoms with Crippen molar-refractivity contribution in [3.8, 4) is 0 Å². The molecule has 4 rings (SSSR count). The van der Waals surface area contributed by atoms with Crippen molar-refractivity contribution < 1.29 is 4.79 Å². The molecule has 126 valence electrons. The van der Waals surface area contributed by atoms with E-state index in [0.717, 1.165) is 56.6 Å². The van der Waals surface area contributed by atoms with Crippen molar-refractivity contribution in [1.82, 2.24) is 25.2 Å². The van der Waals surface area contributed by atoms with Gasteiger partial charge >= 0.3 is 0 Å². The molecule has 1 amide bonds. The van der Waals surface area contributed by atoms with Gasteiger partial charge in [-0.2, -0.15) is 0 Å². The first kappa shape index (κ1) is 15.1. The van der Waals surface area contributed by atoms with E-state index in [1.807, 2.05) is 11.6 Å². The van der Waals surface area contributed by atoms with Crippen LogP contribution in [0.5, 0.6) is 0 Å². The summed E-state index contributed by atoms with van der Waals surface area (Å²) in [6, 6.07) is 0.380. The number of amides is 1. The molecule has 1 aromatic heterocycles. The van der Waals surface area contributed by atoms with Gasteiger partial charge in [0, 0.05) is 13.1 Å². The van der Waals surface area contributed by atoms with Crippen LogP contribution in [0.15, 0.2) is 0 Å². The van der Waals surface area contributed by atoms with Crippen LogP contribution < -0.4 is 5.32 Å². The van der Waals surface area contributed by atoms with Crippen LogP contribution in [-0.4, -0.2) is 52.0 Å². The molecule has 2 heterocycles. The van der Waals surface area contributed by atoms with Crippen molar-refractivity contribution in [2.75, 3.05) is 26.2 Å². The van der Waals surface area contributed by atoms with Gasteiger partial charge in [-0.25, -0.2) is 4.68 Å². The molecular formula is C17H27N5O. The smallest absolute Gasteiger partial charge is 0.276 e. The summed E-state index contributed by atoms with van der Waals surface area (Å²) in [4.78, 5) is 15.0. The molecule has 6 nitrogen and oxygen atoms in total. The Morgan fingerprint density at radius 3 is 2.30 bits per heavy atom. The predicted molar refractivity (Wildman–Crippen MR) is 87.3 cm³/mol. The van der Waals surface area contributed by atoms with E-state index in [1.54, 1.807) is 0 Å². The summed E-state index contributed by atoms with van der Waals surface area (Å²) in [7, 11) is 0. The van der Waals surface area contributed by atoms with Gasteiger partial charge in [0.25, 0.3) is 5.91 Å². The molecular weight excluding hydrogens is 290 g/mol. The first-order valence-corrected chi connectivity index (χ1v) is 9.14. The highest BCUT2D eigenvalue weighted by Crippen LogP contribution is 2.34. The number of nitrogens with one attached hydrogen (secondary N) is 1. The lowest BCUT2D eigenvalue weighted by atomic mass is 10.1. The molecule has 1 aromatic rings. The minimum Gasteiger partial charge on any atom is -0.337 e. The minimum absolute atomic E-state index is 0.0986. The molecule has 1 N–H and O–H groups in total. The first-order chi connectivity index (χ1) is 11.2. The molecule has 0 radical (unpaired) electrons. The molecule has 0 aromatic carbocycles. The second-order valence-electron chi connectivity index (χ2n) is 7.55. The number of aromatic nitrogens is 3. The Balaban J connectivity index is 1.50. The van der Waals surface area contributed by atoms with Crippen LogP contribution in [0.4, 0.5) is 0 Å². The Morgan fingerprint density at radius 2 is 1.74 bits per heavy atom. The highest BCUT2D eigenvalue weighted by Gasteiger charge is 2.34. The molecule has 6 heteroatoms. The molecule has 23 heavy (non-hydrogen) atoms. The molecule has 2 aliphatic carbocycles. The third-order valence-corrected chi connectivity index (χ3v) is 5.42. The lowest BCUT2D eigenvalue weighted by molar-refractivity contribution is 0.0732. The van der Waals surface area contributed by atoms with Crippen LogP contribution in [0, 0.1) is 18.8 Å². The normalized spacial score (nSPS) is 22.3. The molecule has 1 aliphatic heterocycles. The number of carbonyl (C=O) groups is 1. The Labute approximate surface area is 137 Å². The van der Waals surface area contributed by atoms with E-state index in [9.17, 15) is 4.79 Å². The van der Waals surface area contributed by atoms with Gasteiger partial charge in [0.15, 0.2) is 5.69 Å². The third kappa shape index (κ3) is 3.42. The van der Waals surface area contributed by atoms with Gasteiger partial charge in [-0.15, -0.1) is 5.10 Å². The van der Waals surface area contributed by atoms with Gasteiger partial charge in [0.05, 0.1) is 11.7 Å². The summed E-state index contributed by atoms with van der Waals surface area (Å²) < 4.78 is 1.99. The van der Waals surface area contributed by atoms with Crippen molar-refractivity contribution in [1.29, 1.82) is 0 Å². The number of hydrogen-bond donors (Lipinski definition) is 1. The zero-order valence-corrected chi connectivity index (χ0v) is 14.0. The second-order valence-corrected chi connectivity index (χ2v) is 7.55. The van der Waals surface area contributed by atoms with Crippen LogP contribution in [0.25, 0.3) is 0 Å². The maximum Gasteiger partial charge on any atom is 0.276 e. The van der Waals surface area contributed by atoms with E-state index in [2.05, 4.69) is 20.5 Å². The topological polar surface area (TPSA) is 63.1 Å². The van der Waals surface area contributed by atoms with Crippen LogP contribution in [0.2, 0.25) is 0 Å². The fraction of sp³-hybridized carbons (Fsp3) is 0.824. The van der Waals surface area contributed by atoms with E-state index in [0.29, 0.717) is 11.7 Å². The van der Waals surface area contributed by atoms with Gasteiger partial charge in [0.1, 0.15) is 0 Å². The molecule has 0 unspecified atom stereocenters. The molecule has 0 atom stereocenters. The maximum atomic E-state index is 13.0. The molecule has 2 saturated carbocycles. The van der Waals surface area contributed by atoms with Crippen LogP contribution in [-0.2, 0) is 0 Å².